The highest BCUT2D eigenvalue weighted by atomic mass is 19.1. The van der Waals surface area contributed by atoms with Crippen LogP contribution in [0.15, 0.2) is 42.7 Å². The Balaban J connectivity index is 2.29. The maximum atomic E-state index is 13.8. The van der Waals surface area contributed by atoms with Crippen molar-refractivity contribution in [2.45, 2.75) is 19.6 Å². The minimum Gasteiger partial charge on any atom is -0.389 e. The van der Waals surface area contributed by atoms with Crippen molar-refractivity contribution in [1.82, 2.24) is 4.98 Å². The summed E-state index contributed by atoms with van der Waals surface area (Å²) in [6.07, 6.45) is 2.65. The van der Waals surface area contributed by atoms with Gasteiger partial charge in [-0.25, -0.2) is 4.39 Å². The zero-order valence-electron chi connectivity index (χ0n) is 11.0. The van der Waals surface area contributed by atoms with Gasteiger partial charge in [-0.1, -0.05) is 12.1 Å². The highest BCUT2D eigenvalue weighted by molar-refractivity contribution is 5.54. The van der Waals surface area contributed by atoms with E-state index in [0.717, 1.165) is 5.56 Å². The molecule has 0 amide bonds. The van der Waals surface area contributed by atoms with E-state index in [-0.39, 0.29) is 5.82 Å². The molecule has 0 aliphatic rings. The van der Waals surface area contributed by atoms with Crippen LogP contribution in [0.1, 0.15) is 24.2 Å². The molecule has 0 unspecified atom stereocenters. The third kappa shape index (κ3) is 3.09. The Hall–Kier alpha value is -1.94. The molecule has 2 aromatic rings. The first-order chi connectivity index (χ1) is 9.09. The van der Waals surface area contributed by atoms with Gasteiger partial charge in [-0.15, -0.1) is 0 Å². The first-order valence-electron chi connectivity index (χ1n) is 6.16. The third-order valence-corrected chi connectivity index (χ3v) is 3.00. The molecule has 0 aliphatic heterocycles. The first-order valence-corrected chi connectivity index (χ1v) is 6.16. The van der Waals surface area contributed by atoms with E-state index in [1.807, 2.05) is 30.1 Å². The molecule has 0 aliphatic carbocycles. The number of halogens is 1. The van der Waals surface area contributed by atoms with E-state index in [1.54, 1.807) is 25.4 Å². The van der Waals surface area contributed by atoms with Crippen LogP contribution in [0.5, 0.6) is 0 Å². The molecule has 1 N–H and O–H groups in total. The number of rotatable bonds is 4. The number of hydrogen-bond donors (Lipinski definition) is 1. The zero-order valence-corrected chi connectivity index (χ0v) is 11.0. The van der Waals surface area contributed by atoms with Gasteiger partial charge in [-0.2, -0.15) is 0 Å². The van der Waals surface area contributed by atoms with Crippen LogP contribution in [0.4, 0.5) is 10.1 Å². The van der Waals surface area contributed by atoms with Crippen LogP contribution in [-0.2, 0) is 6.54 Å². The number of aliphatic hydroxyl groups is 1. The summed E-state index contributed by atoms with van der Waals surface area (Å²) in [6.45, 7) is 2.18. The van der Waals surface area contributed by atoms with Gasteiger partial charge < -0.3 is 10.0 Å². The Morgan fingerprint density at radius 3 is 2.74 bits per heavy atom. The molecule has 100 valence electrons. The van der Waals surface area contributed by atoms with Crippen molar-refractivity contribution in [3.8, 4) is 0 Å². The number of hydrogen-bond acceptors (Lipinski definition) is 3. The molecule has 3 nitrogen and oxygen atoms in total. The maximum absolute atomic E-state index is 13.8. The maximum Gasteiger partial charge on any atom is 0.131 e. The van der Waals surface area contributed by atoms with Gasteiger partial charge in [0.15, 0.2) is 0 Å². The Kier molecular flexibility index (Phi) is 4.12. The monoisotopic (exact) mass is 260 g/mol. The first kappa shape index (κ1) is 13.5. The van der Waals surface area contributed by atoms with Crippen LogP contribution in [0, 0.1) is 5.82 Å². The van der Waals surface area contributed by atoms with Gasteiger partial charge in [0.2, 0.25) is 0 Å². The van der Waals surface area contributed by atoms with Gasteiger partial charge in [0.1, 0.15) is 5.82 Å². The van der Waals surface area contributed by atoms with Crippen LogP contribution in [0.3, 0.4) is 0 Å². The fraction of sp³-hybridized carbons (Fsp3) is 0.267. The standard InChI is InChI=1S/C15H17FN2O/c1-11(19)15-13(16)6-3-7-14(15)18(2)10-12-5-4-8-17-9-12/h3-9,11,19H,10H2,1-2H3/t11-/m1/s1. The minimum absolute atomic E-state index is 0.328. The van der Waals surface area contributed by atoms with E-state index in [2.05, 4.69) is 4.98 Å². The SMILES string of the molecule is C[C@@H](O)c1c(F)cccc1N(C)Cc1cccnc1. The number of benzene rings is 1. The molecule has 1 aromatic carbocycles. The molecule has 19 heavy (non-hydrogen) atoms. The molecule has 4 heteroatoms. The lowest BCUT2D eigenvalue weighted by atomic mass is 10.1. The topological polar surface area (TPSA) is 36.4 Å². The quantitative estimate of drug-likeness (QED) is 0.918. The summed E-state index contributed by atoms with van der Waals surface area (Å²) in [7, 11) is 1.87. The van der Waals surface area contributed by atoms with Crippen molar-refractivity contribution in [3.63, 3.8) is 0 Å². The largest absolute Gasteiger partial charge is 0.389 e. The van der Waals surface area contributed by atoms with E-state index in [4.69, 9.17) is 0 Å². The molecule has 0 spiro atoms. The van der Waals surface area contributed by atoms with E-state index >= 15 is 0 Å². The Labute approximate surface area is 112 Å². The normalized spacial score (nSPS) is 12.2. The van der Waals surface area contributed by atoms with Gasteiger partial charge in [0.05, 0.1) is 6.10 Å². The smallest absolute Gasteiger partial charge is 0.131 e. The minimum atomic E-state index is -0.840. The molecule has 0 fully saturated rings. The fourth-order valence-electron chi connectivity index (χ4n) is 2.12. The third-order valence-electron chi connectivity index (χ3n) is 3.00. The van der Waals surface area contributed by atoms with Crippen LogP contribution >= 0.6 is 0 Å². The number of anilines is 1. The van der Waals surface area contributed by atoms with Crippen molar-refractivity contribution < 1.29 is 9.50 Å². The molecule has 0 saturated heterocycles. The Morgan fingerprint density at radius 1 is 1.32 bits per heavy atom. The lowest BCUT2D eigenvalue weighted by Gasteiger charge is -2.24. The molecule has 0 saturated carbocycles. The van der Waals surface area contributed by atoms with Gasteiger partial charge >= 0.3 is 0 Å². The summed E-state index contributed by atoms with van der Waals surface area (Å²) in [6, 6.07) is 8.65. The molecule has 1 aromatic heterocycles. The van der Waals surface area contributed by atoms with Gasteiger partial charge in [0.25, 0.3) is 0 Å². The van der Waals surface area contributed by atoms with E-state index in [0.29, 0.717) is 17.8 Å². The van der Waals surface area contributed by atoms with Crippen LogP contribution in [-0.4, -0.2) is 17.1 Å². The summed E-state index contributed by atoms with van der Waals surface area (Å²) in [5.74, 6) is -0.384. The summed E-state index contributed by atoms with van der Waals surface area (Å²) in [5.41, 5.74) is 2.05. The summed E-state index contributed by atoms with van der Waals surface area (Å²) in [4.78, 5) is 5.96. The second-order valence-electron chi connectivity index (χ2n) is 4.57. The molecule has 0 bridgehead atoms. The van der Waals surface area contributed by atoms with E-state index in [1.165, 1.54) is 6.07 Å². The lowest BCUT2D eigenvalue weighted by Crippen LogP contribution is -2.19. The molecular formula is C15H17FN2O. The molecule has 1 atom stereocenters. The summed E-state index contributed by atoms with van der Waals surface area (Å²) < 4.78 is 13.8. The highest BCUT2D eigenvalue weighted by Crippen LogP contribution is 2.28. The van der Waals surface area contributed by atoms with Gasteiger partial charge in [-0.3, -0.25) is 4.98 Å². The van der Waals surface area contributed by atoms with E-state index in [9.17, 15) is 9.50 Å². The second-order valence-corrected chi connectivity index (χ2v) is 4.57. The number of aliphatic hydroxyl groups excluding tert-OH is 1. The average Bonchev–Trinajstić information content (AvgIpc) is 2.39. The number of aromatic nitrogens is 1. The van der Waals surface area contributed by atoms with Gasteiger partial charge in [-0.05, 0) is 30.7 Å². The van der Waals surface area contributed by atoms with Crippen molar-refractivity contribution in [2.75, 3.05) is 11.9 Å². The van der Waals surface area contributed by atoms with Crippen molar-refractivity contribution >= 4 is 5.69 Å². The zero-order chi connectivity index (χ0) is 13.8. The van der Waals surface area contributed by atoms with Gasteiger partial charge in [0, 0.05) is 37.2 Å². The van der Waals surface area contributed by atoms with Crippen molar-refractivity contribution in [3.05, 3.63) is 59.7 Å². The highest BCUT2D eigenvalue weighted by Gasteiger charge is 2.16. The average molecular weight is 260 g/mol. The Bertz CT molecular complexity index is 543. The lowest BCUT2D eigenvalue weighted by molar-refractivity contribution is 0.194. The molecule has 1 heterocycles. The number of nitrogens with zero attached hydrogens (tertiary/aromatic N) is 2. The van der Waals surface area contributed by atoms with Crippen LogP contribution < -0.4 is 4.90 Å². The summed E-state index contributed by atoms with van der Waals surface area (Å²) in [5, 5.41) is 9.72. The van der Waals surface area contributed by atoms with Crippen molar-refractivity contribution in [2.24, 2.45) is 0 Å². The molecule has 2 rings (SSSR count). The van der Waals surface area contributed by atoms with E-state index < -0.39 is 6.10 Å². The summed E-state index contributed by atoms with van der Waals surface area (Å²) >= 11 is 0. The van der Waals surface area contributed by atoms with Crippen LogP contribution in [0.2, 0.25) is 0 Å². The Morgan fingerprint density at radius 2 is 2.11 bits per heavy atom. The predicted octanol–water partition coefficient (Wildman–Crippen LogP) is 2.91. The van der Waals surface area contributed by atoms with Crippen LogP contribution in [0.25, 0.3) is 0 Å². The fourth-order valence-corrected chi connectivity index (χ4v) is 2.12. The van der Waals surface area contributed by atoms with Crippen molar-refractivity contribution in [1.29, 1.82) is 0 Å². The molecular weight excluding hydrogens is 243 g/mol. The molecule has 0 radical (unpaired) electrons. The predicted molar refractivity (Wildman–Crippen MR) is 73.4 cm³/mol. The number of pyridine rings is 1. The second kappa shape index (κ2) is 5.80.